The molecule has 1 aliphatic carbocycles. The van der Waals surface area contributed by atoms with Gasteiger partial charge < -0.3 is 10.6 Å². The predicted molar refractivity (Wildman–Crippen MR) is 80.5 cm³/mol. The van der Waals surface area contributed by atoms with E-state index in [1.165, 1.54) is 16.7 Å². The summed E-state index contributed by atoms with van der Waals surface area (Å²) in [5.41, 5.74) is 4.12. The Hall–Kier alpha value is -1.61. The SMILES string of the molecule is O=C(NCC1=CCNCC1)C1CCc2ccccc2C1. The molecule has 20 heavy (non-hydrogen) atoms. The van der Waals surface area contributed by atoms with Gasteiger partial charge in [-0.15, -0.1) is 0 Å². The average Bonchev–Trinajstić information content (AvgIpc) is 2.53. The van der Waals surface area contributed by atoms with Crippen LogP contribution in [0.5, 0.6) is 0 Å². The summed E-state index contributed by atoms with van der Waals surface area (Å²) in [6.45, 7) is 2.68. The van der Waals surface area contributed by atoms with E-state index in [1.807, 2.05) is 0 Å². The molecule has 3 heteroatoms. The van der Waals surface area contributed by atoms with Crippen molar-refractivity contribution in [2.24, 2.45) is 5.92 Å². The number of fused-ring (bicyclic) bond motifs is 1. The van der Waals surface area contributed by atoms with Crippen LogP contribution in [0.4, 0.5) is 0 Å². The molecule has 106 valence electrons. The van der Waals surface area contributed by atoms with Crippen LogP contribution in [0.3, 0.4) is 0 Å². The van der Waals surface area contributed by atoms with E-state index in [2.05, 4.69) is 41.0 Å². The number of nitrogens with one attached hydrogen (secondary N) is 2. The maximum atomic E-state index is 12.3. The van der Waals surface area contributed by atoms with Crippen LogP contribution < -0.4 is 10.6 Å². The third-order valence-corrected chi connectivity index (χ3v) is 4.37. The van der Waals surface area contributed by atoms with Crippen LogP contribution in [0.2, 0.25) is 0 Å². The maximum Gasteiger partial charge on any atom is 0.223 e. The molecular formula is C17H22N2O. The van der Waals surface area contributed by atoms with Crippen LogP contribution in [0.15, 0.2) is 35.9 Å². The van der Waals surface area contributed by atoms with Crippen LogP contribution >= 0.6 is 0 Å². The first-order chi connectivity index (χ1) is 9.83. The molecule has 3 rings (SSSR count). The number of aryl methyl sites for hydroxylation is 1. The van der Waals surface area contributed by atoms with Gasteiger partial charge in [-0.3, -0.25) is 4.79 Å². The van der Waals surface area contributed by atoms with Crippen molar-refractivity contribution >= 4 is 5.91 Å². The summed E-state index contributed by atoms with van der Waals surface area (Å²) in [4.78, 5) is 12.3. The maximum absolute atomic E-state index is 12.3. The Bertz CT molecular complexity index is 521. The van der Waals surface area contributed by atoms with E-state index in [-0.39, 0.29) is 11.8 Å². The zero-order valence-corrected chi connectivity index (χ0v) is 11.8. The summed E-state index contributed by atoms with van der Waals surface area (Å²) < 4.78 is 0. The summed E-state index contributed by atoms with van der Waals surface area (Å²) in [6.07, 6.45) is 6.14. The van der Waals surface area contributed by atoms with Gasteiger partial charge in [0.1, 0.15) is 0 Å². The first-order valence-electron chi connectivity index (χ1n) is 7.56. The molecule has 3 nitrogen and oxygen atoms in total. The van der Waals surface area contributed by atoms with Gasteiger partial charge in [0.05, 0.1) is 0 Å². The predicted octanol–water partition coefficient (Wildman–Crippen LogP) is 1.83. The smallest absolute Gasteiger partial charge is 0.223 e. The Morgan fingerprint density at radius 2 is 2.10 bits per heavy atom. The zero-order valence-electron chi connectivity index (χ0n) is 11.8. The molecule has 0 spiro atoms. The highest BCUT2D eigenvalue weighted by molar-refractivity contribution is 5.79. The molecule has 0 saturated carbocycles. The summed E-state index contributed by atoms with van der Waals surface area (Å²) in [5, 5.41) is 6.41. The van der Waals surface area contributed by atoms with Crippen LogP contribution in [0.25, 0.3) is 0 Å². The van der Waals surface area contributed by atoms with E-state index in [0.29, 0.717) is 0 Å². The van der Waals surface area contributed by atoms with E-state index >= 15 is 0 Å². The van der Waals surface area contributed by atoms with E-state index in [1.54, 1.807) is 0 Å². The quantitative estimate of drug-likeness (QED) is 0.823. The summed E-state index contributed by atoms with van der Waals surface area (Å²) in [6, 6.07) is 8.50. The molecule has 2 aliphatic rings. The molecular weight excluding hydrogens is 248 g/mol. The minimum atomic E-state index is 0.146. The molecule has 1 atom stereocenters. The highest BCUT2D eigenvalue weighted by Crippen LogP contribution is 2.25. The molecule has 2 N–H and O–H groups in total. The largest absolute Gasteiger partial charge is 0.352 e. The van der Waals surface area contributed by atoms with E-state index in [9.17, 15) is 4.79 Å². The lowest BCUT2D eigenvalue weighted by Gasteiger charge is -2.24. The number of carbonyl (C=O) groups excluding carboxylic acids is 1. The molecule has 1 aromatic rings. The Balaban J connectivity index is 1.55. The van der Waals surface area contributed by atoms with Gasteiger partial charge in [0, 0.05) is 19.0 Å². The van der Waals surface area contributed by atoms with Crippen LogP contribution in [-0.2, 0) is 17.6 Å². The second kappa shape index (κ2) is 6.23. The Labute approximate surface area is 120 Å². The molecule has 0 fully saturated rings. The van der Waals surface area contributed by atoms with Crippen molar-refractivity contribution in [3.05, 3.63) is 47.0 Å². The first-order valence-corrected chi connectivity index (χ1v) is 7.56. The van der Waals surface area contributed by atoms with Crippen LogP contribution in [0, 0.1) is 5.92 Å². The zero-order chi connectivity index (χ0) is 13.8. The van der Waals surface area contributed by atoms with Gasteiger partial charge in [0.2, 0.25) is 5.91 Å². The highest BCUT2D eigenvalue weighted by atomic mass is 16.1. The summed E-state index contributed by atoms with van der Waals surface area (Å²) in [5.74, 6) is 0.367. The average molecular weight is 270 g/mol. The lowest BCUT2D eigenvalue weighted by atomic mass is 9.83. The normalized spacial score (nSPS) is 21.8. The topological polar surface area (TPSA) is 41.1 Å². The van der Waals surface area contributed by atoms with Gasteiger partial charge >= 0.3 is 0 Å². The summed E-state index contributed by atoms with van der Waals surface area (Å²) >= 11 is 0. The van der Waals surface area contributed by atoms with Gasteiger partial charge in [-0.2, -0.15) is 0 Å². The van der Waals surface area contributed by atoms with Crippen LogP contribution in [-0.4, -0.2) is 25.5 Å². The number of hydrogen-bond acceptors (Lipinski definition) is 2. The standard InChI is InChI=1S/C17H22N2O/c20-17(19-12-13-7-9-18-10-8-13)16-6-5-14-3-1-2-4-15(14)11-16/h1-4,7,16,18H,5-6,8-12H2,(H,19,20). The fourth-order valence-corrected chi connectivity index (χ4v) is 3.10. The van der Waals surface area contributed by atoms with Crippen molar-refractivity contribution in [3.63, 3.8) is 0 Å². The Kier molecular flexibility index (Phi) is 4.16. The molecule has 0 aromatic heterocycles. The van der Waals surface area contributed by atoms with Gasteiger partial charge in [0.15, 0.2) is 0 Å². The molecule has 1 aromatic carbocycles. The van der Waals surface area contributed by atoms with Gasteiger partial charge in [-0.05, 0) is 43.4 Å². The van der Waals surface area contributed by atoms with Crippen molar-refractivity contribution < 1.29 is 4.79 Å². The molecule has 0 bridgehead atoms. The molecule has 1 aliphatic heterocycles. The van der Waals surface area contributed by atoms with Crippen molar-refractivity contribution in [2.45, 2.75) is 25.7 Å². The van der Waals surface area contributed by atoms with E-state index in [4.69, 9.17) is 0 Å². The van der Waals surface area contributed by atoms with Gasteiger partial charge in [-0.25, -0.2) is 0 Å². The molecule has 0 radical (unpaired) electrons. The van der Waals surface area contributed by atoms with Gasteiger partial charge in [0.25, 0.3) is 0 Å². The third-order valence-electron chi connectivity index (χ3n) is 4.37. The number of rotatable bonds is 3. The number of amides is 1. The fourth-order valence-electron chi connectivity index (χ4n) is 3.10. The summed E-state index contributed by atoms with van der Waals surface area (Å²) in [7, 11) is 0. The first kappa shape index (κ1) is 13.4. The lowest BCUT2D eigenvalue weighted by Crippen LogP contribution is -2.36. The molecule has 1 heterocycles. The van der Waals surface area contributed by atoms with Crippen molar-refractivity contribution in [3.8, 4) is 0 Å². The fraction of sp³-hybridized carbons (Fsp3) is 0.471. The van der Waals surface area contributed by atoms with Crippen molar-refractivity contribution in [2.75, 3.05) is 19.6 Å². The minimum Gasteiger partial charge on any atom is -0.352 e. The molecule has 1 amide bonds. The monoisotopic (exact) mass is 270 g/mol. The molecule has 0 saturated heterocycles. The number of hydrogen-bond donors (Lipinski definition) is 2. The van der Waals surface area contributed by atoms with Crippen LogP contribution in [0.1, 0.15) is 24.0 Å². The minimum absolute atomic E-state index is 0.146. The van der Waals surface area contributed by atoms with Crippen molar-refractivity contribution in [1.82, 2.24) is 10.6 Å². The van der Waals surface area contributed by atoms with Gasteiger partial charge in [-0.1, -0.05) is 35.9 Å². The van der Waals surface area contributed by atoms with Crippen molar-refractivity contribution in [1.29, 1.82) is 0 Å². The highest BCUT2D eigenvalue weighted by Gasteiger charge is 2.24. The second-order valence-electron chi connectivity index (χ2n) is 5.74. The molecule has 1 unspecified atom stereocenters. The lowest BCUT2D eigenvalue weighted by molar-refractivity contribution is -0.125. The number of carbonyl (C=O) groups is 1. The Morgan fingerprint density at radius 3 is 2.90 bits per heavy atom. The third kappa shape index (κ3) is 3.10. The second-order valence-corrected chi connectivity index (χ2v) is 5.74. The Morgan fingerprint density at radius 1 is 1.25 bits per heavy atom. The number of benzene rings is 1. The van der Waals surface area contributed by atoms with E-state index in [0.717, 1.165) is 45.3 Å². The van der Waals surface area contributed by atoms with E-state index < -0.39 is 0 Å².